The molecule has 0 saturated heterocycles. The van der Waals surface area contributed by atoms with Gasteiger partial charge in [-0.1, -0.05) is 36.4 Å². The van der Waals surface area contributed by atoms with Gasteiger partial charge in [0.2, 0.25) is 5.91 Å². The second-order valence-corrected chi connectivity index (χ2v) is 6.38. The fourth-order valence-corrected chi connectivity index (χ4v) is 2.76. The molecule has 0 aliphatic carbocycles. The lowest BCUT2D eigenvalue weighted by Gasteiger charge is -2.10. The first-order chi connectivity index (χ1) is 13.6. The van der Waals surface area contributed by atoms with Gasteiger partial charge in [0.05, 0.1) is 13.0 Å². The van der Waals surface area contributed by atoms with Crippen molar-refractivity contribution in [2.75, 3.05) is 12.4 Å². The molecular formula is C21H23N5O2. The highest BCUT2D eigenvalue weighted by atomic mass is 16.2. The molecule has 3 amide bonds. The van der Waals surface area contributed by atoms with Crippen LogP contribution in [0.1, 0.15) is 16.7 Å². The summed E-state index contributed by atoms with van der Waals surface area (Å²) in [6.07, 6.45) is 3.98. The van der Waals surface area contributed by atoms with Gasteiger partial charge in [-0.15, -0.1) is 0 Å². The maximum Gasteiger partial charge on any atom is 0.319 e. The van der Waals surface area contributed by atoms with Gasteiger partial charge in [-0.05, 0) is 34.9 Å². The summed E-state index contributed by atoms with van der Waals surface area (Å²) < 4.78 is 1.85. The van der Waals surface area contributed by atoms with Gasteiger partial charge in [0, 0.05) is 31.7 Å². The number of urea groups is 1. The van der Waals surface area contributed by atoms with Crippen molar-refractivity contribution in [3.63, 3.8) is 0 Å². The van der Waals surface area contributed by atoms with Crippen LogP contribution in [0.4, 0.5) is 10.5 Å². The predicted octanol–water partition coefficient (Wildman–Crippen LogP) is 2.54. The second-order valence-electron chi connectivity index (χ2n) is 6.38. The van der Waals surface area contributed by atoms with Gasteiger partial charge in [-0.3, -0.25) is 9.48 Å². The molecule has 28 heavy (non-hydrogen) atoms. The molecule has 0 atom stereocenters. The van der Waals surface area contributed by atoms with Crippen molar-refractivity contribution in [1.29, 1.82) is 0 Å². The van der Waals surface area contributed by atoms with E-state index < -0.39 is 0 Å². The molecule has 0 bridgehead atoms. The molecule has 7 nitrogen and oxygen atoms in total. The third-order valence-corrected chi connectivity index (χ3v) is 4.20. The van der Waals surface area contributed by atoms with E-state index in [2.05, 4.69) is 27.1 Å². The summed E-state index contributed by atoms with van der Waals surface area (Å²) in [7, 11) is 1.61. The molecule has 2 aromatic carbocycles. The van der Waals surface area contributed by atoms with E-state index in [0.29, 0.717) is 25.2 Å². The Bertz CT molecular complexity index is 920. The number of aromatic nitrogens is 2. The van der Waals surface area contributed by atoms with Gasteiger partial charge in [0.25, 0.3) is 0 Å². The number of amides is 3. The molecule has 144 valence electrons. The smallest absolute Gasteiger partial charge is 0.319 e. The van der Waals surface area contributed by atoms with Crippen LogP contribution < -0.4 is 16.0 Å². The highest BCUT2D eigenvalue weighted by Gasteiger charge is 2.05. The molecule has 1 aromatic heterocycles. The number of likely N-dealkylation sites (N-methyl/N-ethyl adjacent to an activating group) is 1. The minimum atomic E-state index is -0.281. The monoisotopic (exact) mass is 377 g/mol. The standard InChI is InChI=1S/C21H23N5O2/c1-22-20(27)13-16-6-8-19(9-7-16)25-21(28)23-14-17-4-2-5-18(12-17)15-26-11-3-10-24-26/h2-12H,13-15H2,1H3,(H,22,27)(H2,23,25,28). The number of anilines is 1. The summed E-state index contributed by atoms with van der Waals surface area (Å²) in [5, 5.41) is 12.4. The number of rotatable bonds is 7. The summed E-state index contributed by atoms with van der Waals surface area (Å²) in [5.41, 5.74) is 3.70. The van der Waals surface area contributed by atoms with E-state index in [1.165, 1.54) is 0 Å². The Morgan fingerprint density at radius 3 is 2.50 bits per heavy atom. The Labute approximate surface area is 163 Å². The zero-order valence-corrected chi connectivity index (χ0v) is 15.7. The summed E-state index contributed by atoms with van der Waals surface area (Å²) in [6.45, 7) is 1.11. The Morgan fingerprint density at radius 1 is 1.00 bits per heavy atom. The largest absolute Gasteiger partial charge is 0.359 e. The summed E-state index contributed by atoms with van der Waals surface area (Å²) in [6, 6.07) is 16.8. The van der Waals surface area contributed by atoms with E-state index in [0.717, 1.165) is 16.7 Å². The molecule has 1 heterocycles. The molecule has 3 rings (SSSR count). The van der Waals surface area contributed by atoms with E-state index in [1.807, 2.05) is 47.3 Å². The quantitative estimate of drug-likeness (QED) is 0.591. The van der Waals surface area contributed by atoms with Crippen LogP contribution in [0.3, 0.4) is 0 Å². The topological polar surface area (TPSA) is 88.0 Å². The number of nitrogens with one attached hydrogen (secondary N) is 3. The average Bonchev–Trinajstić information content (AvgIpc) is 3.21. The molecule has 0 aliphatic heterocycles. The maximum atomic E-state index is 12.1. The zero-order chi connectivity index (χ0) is 19.8. The molecule has 3 aromatic rings. The van der Waals surface area contributed by atoms with Crippen LogP contribution in [0.15, 0.2) is 67.0 Å². The van der Waals surface area contributed by atoms with Gasteiger partial charge in [-0.25, -0.2) is 4.79 Å². The first-order valence-corrected chi connectivity index (χ1v) is 9.02. The Kier molecular flexibility index (Phi) is 6.41. The van der Waals surface area contributed by atoms with Crippen molar-refractivity contribution in [2.24, 2.45) is 0 Å². The van der Waals surface area contributed by atoms with Crippen LogP contribution in [0.25, 0.3) is 0 Å². The third kappa shape index (κ3) is 5.70. The van der Waals surface area contributed by atoms with E-state index in [1.54, 1.807) is 25.4 Å². The lowest BCUT2D eigenvalue weighted by Crippen LogP contribution is -2.28. The third-order valence-electron chi connectivity index (χ3n) is 4.20. The molecule has 0 fully saturated rings. The molecule has 7 heteroatoms. The van der Waals surface area contributed by atoms with E-state index >= 15 is 0 Å². The highest BCUT2D eigenvalue weighted by Crippen LogP contribution is 2.11. The minimum absolute atomic E-state index is 0.0479. The van der Waals surface area contributed by atoms with Crippen molar-refractivity contribution >= 4 is 17.6 Å². The van der Waals surface area contributed by atoms with Crippen molar-refractivity contribution in [3.05, 3.63) is 83.7 Å². The normalized spacial score (nSPS) is 10.3. The van der Waals surface area contributed by atoms with Crippen molar-refractivity contribution < 1.29 is 9.59 Å². The molecule has 0 saturated carbocycles. The van der Waals surface area contributed by atoms with Crippen molar-refractivity contribution in [2.45, 2.75) is 19.5 Å². The Hall–Kier alpha value is -3.61. The fourth-order valence-electron chi connectivity index (χ4n) is 2.76. The first kappa shape index (κ1) is 19.2. The van der Waals surface area contributed by atoms with Crippen molar-refractivity contribution in [3.8, 4) is 0 Å². The lowest BCUT2D eigenvalue weighted by atomic mass is 10.1. The van der Waals surface area contributed by atoms with Gasteiger partial charge in [-0.2, -0.15) is 5.10 Å². The summed E-state index contributed by atoms with van der Waals surface area (Å²) >= 11 is 0. The second kappa shape index (κ2) is 9.36. The predicted molar refractivity (Wildman–Crippen MR) is 108 cm³/mol. The van der Waals surface area contributed by atoms with E-state index in [4.69, 9.17) is 0 Å². The SMILES string of the molecule is CNC(=O)Cc1ccc(NC(=O)NCc2cccc(Cn3cccn3)c2)cc1. The number of nitrogens with zero attached hydrogens (tertiary/aromatic N) is 2. The number of carbonyl (C=O) groups excluding carboxylic acids is 2. The molecular weight excluding hydrogens is 354 g/mol. The highest BCUT2D eigenvalue weighted by molar-refractivity contribution is 5.89. The maximum absolute atomic E-state index is 12.1. The van der Waals surface area contributed by atoms with Gasteiger partial charge >= 0.3 is 6.03 Å². The zero-order valence-electron chi connectivity index (χ0n) is 15.7. The van der Waals surface area contributed by atoms with E-state index in [-0.39, 0.29) is 11.9 Å². The van der Waals surface area contributed by atoms with Gasteiger partial charge < -0.3 is 16.0 Å². The van der Waals surface area contributed by atoms with E-state index in [9.17, 15) is 9.59 Å². The summed E-state index contributed by atoms with van der Waals surface area (Å²) in [5.74, 6) is -0.0479. The van der Waals surface area contributed by atoms with Crippen LogP contribution >= 0.6 is 0 Å². The van der Waals surface area contributed by atoms with Gasteiger partial charge in [0.15, 0.2) is 0 Å². The first-order valence-electron chi connectivity index (χ1n) is 9.02. The molecule has 0 aliphatic rings. The number of benzene rings is 2. The summed E-state index contributed by atoms with van der Waals surface area (Å²) in [4.78, 5) is 23.5. The fraction of sp³-hybridized carbons (Fsp3) is 0.190. The Balaban J connectivity index is 1.49. The van der Waals surface area contributed by atoms with Gasteiger partial charge in [0.1, 0.15) is 0 Å². The van der Waals surface area contributed by atoms with Crippen LogP contribution in [-0.4, -0.2) is 28.8 Å². The number of carbonyl (C=O) groups is 2. The number of hydrogen-bond donors (Lipinski definition) is 3. The average molecular weight is 377 g/mol. The molecule has 0 spiro atoms. The van der Waals surface area contributed by atoms with Crippen LogP contribution in [0, 0.1) is 0 Å². The van der Waals surface area contributed by atoms with Crippen molar-refractivity contribution in [1.82, 2.24) is 20.4 Å². The molecule has 0 unspecified atom stereocenters. The number of hydrogen-bond acceptors (Lipinski definition) is 3. The molecule has 0 radical (unpaired) electrons. The minimum Gasteiger partial charge on any atom is -0.359 e. The molecule has 3 N–H and O–H groups in total. The Morgan fingerprint density at radius 2 is 1.79 bits per heavy atom. The lowest BCUT2D eigenvalue weighted by molar-refractivity contribution is -0.119. The van der Waals surface area contributed by atoms with Crippen LogP contribution in [0.5, 0.6) is 0 Å². The van der Waals surface area contributed by atoms with Crippen LogP contribution in [-0.2, 0) is 24.3 Å². The van der Waals surface area contributed by atoms with Crippen LogP contribution in [0.2, 0.25) is 0 Å².